The molecular weight excluding hydrogens is 470 g/mol. The third kappa shape index (κ3) is 4.85. The molecule has 1 saturated heterocycles. The number of morpholine rings is 1. The summed E-state index contributed by atoms with van der Waals surface area (Å²) < 4.78 is 11.0. The number of carbonyl (C=O) groups is 2. The summed E-state index contributed by atoms with van der Waals surface area (Å²) in [5.74, 6) is 0.620. The van der Waals surface area contributed by atoms with E-state index in [9.17, 15) is 9.59 Å². The van der Waals surface area contributed by atoms with E-state index in [0.717, 1.165) is 35.8 Å². The van der Waals surface area contributed by atoms with E-state index in [1.54, 1.807) is 42.3 Å². The highest BCUT2D eigenvalue weighted by molar-refractivity contribution is 6.12. The van der Waals surface area contributed by atoms with Gasteiger partial charge in [-0.1, -0.05) is 18.2 Å². The van der Waals surface area contributed by atoms with E-state index >= 15 is 0 Å². The van der Waals surface area contributed by atoms with Crippen molar-refractivity contribution in [2.75, 3.05) is 55.6 Å². The molecule has 0 unspecified atom stereocenters. The summed E-state index contributed by atoms with van der Waals surface area (Å²) in [7, 11) is 3.27. The van der Waals surface area contributed by atoms with Gasteiger partial charge in [0, 0.05) is 25.7 Å². The molecule has 1 fully saturated rings. The average Bonchev–Trinajstić information content (AvgIpc) is 3.33. The minimum Gasteiger partial charge on any atom is -0.495 e. The lowest BCUT2D eigenvalue weighted by Gasteiger charge is -2.32. The Morgan fingerprint density at radius 3 is 2.65 bits per heavy atom. The molecule has 0 spiro atoms. The first-order valence-electron chi connectivity index (χ1n) is 12.1. The molecule has 3 aromatic carbocycles. The summed E-state index contributed by atoms with van der Waals surface area (Å²) in [5, 5.41) is 2.90. The first-order valence-corrected chi connectivity index (χ1v) is 12.1. The molecule has 9 heteroatoms. The molecule has 2 amide bonds. The Labute approximate surface area is 215 Å². The van der Waals surface area contributed by atoms with Crippen LogP contribution in [0.15, 0.2) is 60.7 Å². The quantitative estimate of drug-likeness (QED) is 0.412. The van der Waals surface area contributed by atoms with Gasteiger partial charge in [-0.15, -0.1) is 0 Å². The fourth-order valence-corrected chi connectivity index (χ4v) is 4.58. The van der Waals surface area contributed by atoms with Gasteiger partial charge in [-0.25, -0.2) is 4.98 Å². The molecule has 37 heavy (non-hydrogen) atoms. The average molecular weight is 500 g/mol. The van der Waals surface area contributed by atoms with Crippen LogP contribution in [0.5, 0.6) is 5.75 Å². The van der Waals surface area contributed by atoms with Gasteiger partial charge in [0.25, 0.3) is 11.8 Å². The van der Waals surface area contributed by atoms with E-state index in [0.29, 0.717) is 41.3 Å². The SMILES string of the molecule is COc1cc(C(=O)N(C)c2ccccc2N2CCOCC2)ccc1NC(=O)c1cccc2[nH]c(C)nc12. The molecule has 4 aromatic rings. The molecule has 5 rings (SSSR count). The van der Waals surface area contributed by atoms with E-state index in [2.05, 4.69) is 20.2 Å². The van der Waals surface area contributed by atoms with Gasteiger partial charge in [0.05, 0.1) is 48.5 Å². The van der Waals surface area contributed by atoms with Crippen molar-refractivity contribution in [1.82, 2.24) is 9.97 Å². The van der Waals surface area contributed by atoms with Crippen LogP contribution in [0, 0.1) is 6.92 Å². The summed E-state index contributed by atoms with van der Waals surface area (Å²) in [4.78, 5) is 38.0. The van der Waals surface area contributed by atoms with Crippen LogP contribution in [0.1, 0.15) is 26.5 Å². The molecule has 0 saturated carbocycles. The third-order valence-corrected chi connectivity index (χ3v) is 6.47. The number of hydrogen-bond acceptors (Lipinski definition) is 6. The molecule has 1 aliphatic rings. The number of anilines is 3. The van der Waals surface area contributed by atoms with Crippen LogP contribution in [0.3, 0.4) is 0 Å². The highest BCUT2D eigenvalue weighted by Gasteiger charge is 2.22. The van der Waals surface area contributed by atoms with Crippen molar-refractivity contribution in [2.24, 2.45) is 0 Å². The lowest BCUT2D eigenvalue weighted by atomic mass is 10.1. The van der Waals surface area contributed by atoms with Crippen molar-refractivity contribution in [1.29, 1.82) is 0 Å². The molecule has 0 aliphatic carbocycles. The van der Waals surface area contributed by atoms with E-state index in [1.165, 1.54) is 7.11 Å². The monoisotopic (exact) mass is 499 g/mol. The molecule has 1 aromatic heterocycles. The highest BCUT2D eigenvalue weighted by Crippen LogP contribution is 2.32. The van der Waals surface area contributed by atoms with Crippen molar-refractivity contribution < 1.29 is 19.1 Å². The fourth-order valence-electron chi connectivity index (χ4n) is 4.58. The number of benzene rings is 3. The van der Waals surface area contributed by atoms with Gasteiger partial charge in [-0.05, 0) is 49.4 Å². The number of nitrogens with one attached hydrogen (secondary N) is 2. The number of aryl methyl sites for hydroxylation is 1. The summed E-state index contributed by atoms with van der Waals surface area (Å²) in [6.45, 7) is 4.70. The predicted molar refractivity (Wildman–Crippen MR) is 144 cm³/mol. The number of rotatable bonds is 6. The Kier molecular flexibility index (Phi) is 6.78. The van der Waals surface area contributed by atoms with Gasteiger partial charge in [0.1, 0.15) is 17.1 Å². The topological polar surface area (TPSA) is 99.8 Å². The van der Waals surface area contributed by atoms with Gasteiger partial charge in [-0.3, -0.25) is 9.59 Å². The van der Waals surface area contributed by atoms with Crippen LogP contribution < -0.4 is 19.9 Å². The summed E-state index contributed by atoms with van der Waals surface area (Å²) in [6.07, 6.45) is 0. The minimum atomic E-state index is -0.314. The summed E-state index contributed by atoms with van der Waals surface area (Å²) >= 11 is 0. The van der Waals surface area contributed by atoms with Crippen molar-refractivity contribution >= 4 is 39.9 Å². The number of methoxy groups -OCH3 is 1. The second-order valence-electron chi connectivity index (χ2n) is 8.85. The summed E-state index contributed by atoms with van der Waals surface area (Å²) in [6, 6.07) is 18.3. The lowest BCUT2D eigenvalue weighted by Crippen LogP contribution is -2.38. The number of ether oxygens (including phenoxy) is 2. The number of aromatic nitrogens is 2. The van der Waals surface area contributed by atoms with Crippen molar-refractivity contribution in [2.45, 2.75) is 6.92 Å². The van der Waals surface area contributed by atoms with Crippen LogP contribution in [-0.4, -0.2) is 62.2 Å². The first kappa shape index (κ1) is 24.3. The number of imidazole rings is 1. The number of H-pyrrole nitrogens is 1. The molecule has 0 atom stereocenters. The molecule has 9 nitrogen and oxygen atoms in total. The Hall–Kier alpha value is -4.37. The normalized spacial score (nSPS) is 13.4. The Balaban J connectivity index is 1.38. The number of carbonyl (C=O) groups excluding carboxylic acids is 2. The van der Waals surface area contributed by atoms with Gasteiger partial charge in [0.15, 0.2) is 0 Å². The maximum atomic E-state index is 13.5. The van der Waals surface area contributed by atoms with Gasteiger partial charge >= 0.3 is 0 Å². The molecule has 2 N–H and O–H groups in total. The first-order chi connectivity index (χ1) is 18.0. The van der Waals surface area contributed by atoms with E-state index < -0.39 is 0 Å². The maximum absolute atomic E-state index is 13.5. The van der Waals surface area contributed by atoms with Crippen LogP contribution in [0.25, 0.3) is 11.0 Å². The maximum Gasteiger partial charge on any atom is 0.258 e. The van der Waals surface area contributed by atoms with E-state index in [1.807, 2.05) is 37.3 Å². The molecule has 2 heterocycles. The Morgan fingerprint density at radius 2 is 1.86 bits per heavy atom. The van der Waals surface area contributed by atoms with Gasteiger partial charge in [-0.2, -0.15) is 0 Å². The zero-order valence-electron chi connectivity index (χ0n) is 21.1. The second kappa shape index (κ2) is 10.3. The number of hydrogen-bond donors (Lipinski definition) is 2. The molecule has 1 aliphatic heterocycles. The van der Waals surface area contributed by atoms with Crippen LogP contribution in [0.2, 0.25) is 0 Å². The Bertz CT molecular complexity index is 1460. The smallest absolute Gasteiger partial charge is 0.258 e. The summed E-state index contributed by atoms with van der Waals surface area (Å²) in [5.41, 5.74) is 4.54. The largest absolute Gasteiger partial charge is 0.495 e. The van der Waals surface area contributed by atoms with Crippen LogP contribution in [-0.2, 0) is 4.74 Å². The third-order valence-electron chi connectivity index (χ3n) is 6.47. The number of amides is 2. The van der Waals surface area contributed by atoms with Crippen molar-refractivity contribution in [3.8, 4) is 5.75 Å². The molecule has 0 bridgehead atoms. The standard InChI is InChI=1S/C28H29N5O4/c1-18-29-22-8-6-7-20(26(22)30-18)27(34)31-21-12-11-19(17-25(21)36-3)28(35)32(2)23-9-4-5-10-24(23)33-13-15-37-16-14-33/h4-12,17H,13-16H2,1-3H3,(H,29,30)(H,31,34). The molecular formula is C28H29N5O4. The van der Waals surface area contributed by atoms with Crippen LogP contribution in [0.4, 0.5) is 17.1 Å². The Morgan fingerprint density at radius 1 is 1.08 bits per heavy atom. The van der Waals surface area contributed by atoms with Gasteiger partial charge in [0.2, 0.25) is 0 Å². The fraction of sp³-hybridized carbons (Fsp3) is 0.250. The van der Waals surface area contributed by atoms with E-state index in [-0.39, 0.29) is 11.8 Å². The number of fused-ring (bicyclic) bond motifs is 1. The number of nitrogens with zero attached hydrogens (tertiary/aromatic N) is 3. The van der Waals surface area contributed by atoms with Crippen molar-refractivity contribution in [3.63, 3.8) is 0 Å². The zero-order chi connectivity index (χ0) is 25.9. The minimum absolute atomic E-state index is 0.186. The second-order valence-corrected chi connectivity index (χ2v) is 8.85. The number of aromatic amines is 1. The zero-order valence-corrected chi connectivity index (χ0v) is 21.1. The lowest BCUT2D eigenvalue weighted by molar-refractivity contribution is 0.0991. The number of para-hydroxylation sites is 3. The van der Waals surface area contributed by atoms with Crippen molar-refractivity contribution in [3.05, 3.63) is 77.6 Å². The predicted octanol–water partition coefficient (Wildman–Crippen LogP) is 4.25. The highest BCUT2D eigenvalue weighted by atomic mass is 16.5. The van der Waals surface area contributed by atoms with Crippen LogP contribution >= 0.6 is 0 Å². The molecule has 190 valence electrons. The van der Waals surface area contributed by atoms with E-state index in [4.69, 9.17) is 9.47 Å². The van der Waals surface area contributed by atoms with Gasteiger partial charge < -0.3 is 29.6 Å². The molecule has 0 radical (unpaired) electrons.